The number of hydrogen-bond acceptors (Lipinski definition) is 1. The number of allylic oxidation sites excluding steroid dienone is 19. The molecule has 0 bridgehead atoms. The van der Waals surface area contributed by atoms with Gasteiger partial charge in [-0.15, -0.1) is 0 Å². The Balaban J connectivity index is 0.000000515. The van der Waals surface area contributed by atoms with E-state index in [1.807, 2.05) is 43.4 Å². The Bertz CT molecular complexity index is 2040. The van der Waals surface area contributed by atoms with Gasteiger partial charge in [-0.25, -0.2) is 0 Å². The van der Waals surface area contributed by atoms with Crippen LogP contribution < -0.4 is 5.73 Å². The van der Waals surface area contributed by atoms with Crippen LogP contribution in [-0.4, -0.2) is 4.98 Å². The van der Waals surface area contributed by atoms with Crippen LogP contribution in [0.3, 0.4) is 0 Å². The predicted molar refractivity (Wildman–Crippen MR) is 200 cm³/mol. The van der Waals surface area contributed by atoms with Gasteiger partial charge in [-0.3, -0.25) is 0 Å². The number of fused-ring (bicyclic) bond motifs is 6. The molecule has 3 aromatic carbocycles. The third-order valence-electron chi connectivity index (χ3n) is 8.40. The van der Waals surface area contributed by atoms with Crippen molar-refractivity contribution in [3.8, 4) is 0 Å². The molecule has 0 aliphatic heterocycles. The van der Waals surface area contributed by atoms with Crippen molar-refractivity contribution in [1.82, 2.24) is 4.98 Å². The number of nitrogens with two attached hydrogens (primary N) is 1. The van der Waals surface area contributed by atoms with Crippen molar-refractivity contribution in [2.45, 2.75) is 27.2 Å². The zero-order chi connectivity index (χ0) is 31.8. The molecule has 0 radical (unpaired) electrons. The molecule has 0 saturated carbocycles. The molecule has 0 amide bonds. The molecule has 45 heavy (non-hydrogen) atoms. The first-order chi connectivity index (χ1) is 21.9. The van der Waals surface area contributed by atoms with E-state index in [1.54, 1.807) is 12.2 Å². The van der Waals surface area contributed by atoms with E-state index in [0.717, 1.165) is 23.2 Å². The highest BCUT2D eigenvalue weighted by atomic mass is 14.7. The van der Waals surface area contributed by atoms with Gasteiger partial charge in [0.25, 0.3) is 0 Å². The van der Waals surface area contributed by atoms with E-state index in [2.05, 4.69) is 123 Å². The highest BCUT2D eigenvalue weighted by Gasteiger charge is 2.19. The van der Waals surface area contributed by atoms with Crippen molar-refractivity contribution in [2.75, 3.05) is 0 Å². The molecule has 6 rings (SSSR count). The van der Waals surface area contributed by atoms with Crippen molar-refractivity contribution in [1.29, 1.82) is 0 Å². The first-order valence-corrected chi connectivity index (χ1v) is 15.5. The van der Waals surface area contributed by atoms with E-state index >= 15 is 0 Å². The fourth-order valence-corrected chi connectivity index (χ4v) is 5.83. The van der Waals surface area contributed by atoms with Gasteiger partial charge in [-0.1, -0.05) is 135 Å². The van der Waals surface area contributed by atoms with Gasteiger partial charge in [0.1, 0.15) is 0 Å². The topological polar surface area (TPSA) is 41.8 Å². The molecule has 1 atom stereocenters. The average molecular weight is 587 g/mol. The average Bonchev–Trinajstić information content (AvgIpc) is 3.45. The third-order valence-corrected chi connectivity index (χ3v) is 8.40. The molecule has 2 aliphatic carbocycles. The van der Waals surface area contributed by atoms with Gasteiger partial charge in [0.05, 0.1) is 5.52 Å². The van der Waals surface area contributed by atoms with E-state index in [4.69, 9.17) is 5.73 Å². The van der Waals surface area contributed by atoms with E-state index in [0.29, 0.717) is 5.92 Å². The first kappa shape index (κ1) is 31.1. The van der Waals surface area contributed by atoms with Gasteiger partial charge in [0.2, 0.25) is 0 Å². The summed E-state index contributed by atoms with van der Waals surface area (Å²) in [6.45, 7) is 13.4. The zero-order valence-electron chi connectivity index (χ0n) is 26.6. The van der Waals surface area contributed by atoms with Crippen LogP contribution in [0.4, 0.5) is 0 Å². The first-order valence-electron chi connectivity index (χ1n) is 15.5. The molecule has 0 spiro atoms. The van der Waals surface area contributed by atoms with E-state index in [1.165, 1.54) is 54.9 Å². The second-order valence-corrected chi connectivity index (χ2v) is 11.4. The van der Waals surface area contributed by atoms with Crippen molar-refractivity contribution in [3.05, 3.63) is 181 Å². The summed E-state index contributed by atoms with van der Waals surface area (Å²) in [7, 11) is 0. The number of benzene rings is 3. The smallest absolute Gasteiger partial charge is 0.0544 e. The Morgan fingerprint density at radius 1 is 0.822 bits per heavy atom. The number of hydrogen-bond donors (Lipinski definition) is 2. The Morgan fingerprint density at radius 3 is 2.42 bits per heavy atom. The summed E-state index contributed by atoms with van der Waals surface area (Å²) in [6.07, 6.45) is 31.9. The number of aromatic amines is 1. The maximum atomic E-state index is 6.47. The molecule has 2 nitrogen and oxygen atoms in total. The molecule has 224 valence electrons. The minimum atomic E-state index is 0.477. The summed E-state index contributed by atoms with van der Waals surface area (Å²) < 4.78 is 0. The number of nitrogens with one attached hydrogen (secondary N) is 1. The summed E-state index contributed by atoms with van der Waals surface area (Å²) in [4.78, 5) is 3.74. The third kappa shape index (κ3) is 6.92. The number of aromatic nitrogens is 1. The van der Waals surface area contributed by atoms with Gasteiger partial charge < -0.3 is 10.7 Å². The molecule has 1 aromatic heterocycles. The van der Waals surface area contributed by atoms with Crippen molar-refractivity contribution in [3.63, 3.8) is 0 Å². The van der Waals surface area contributed by atoms with Crippen molar-refractivity contribution in [2.24, 2.45) is 11.7 Å². The zero-order valence-corrected chi connectivity index (χ0v) is 26.6. The fourth-order valence-electron chi connectivity index (χ4n) is 5.83. The van der Waals surface area contributed by atoms with Crippen LogP contribution in [0, 0.1) is 5.92 Å². The second kappa shape index (κ2) is 14.4. The van der Waals surface area contributed by atoms with Crippen LogP contribution in [-0.2, 0) is 0 Å². The summed E-state index contributed by atoms with van der Waals surface area (Å²) in [5, 5.41) is 4.87. The summed E-state index contributed by atoms with van der Waals surface area (Å²) in [5.41, 5.74) is 16.9. The molecule has 0 fully saturated rings. The number of rotatable bonds is 7. The van der Waals surface area contributed by atoms with Gasteiger partial charge in [-0.05, 0) is 84.2 Å². The Morgan fingerprint density at radius 2 is 1.62 bits per heavy atom. The van der Waals surface area contributed by atoms with Crippen molar-refractivity contribution >= 4 is 43.8 Å². The predicted octanol–water partition coefficient (Wildman–Crippen LogP) is 11.6. The van der Waals surface area contributed by atoms with Gasteiger partial charge >= 0.3 is 0 Å². The second-order valence-electron chi connectivity index (χ2n) is 11.4. The highest BCUT2D eigenvalue weighted by Crippen LogP contribution is 2.38. The lowest BCUT2D eigenvalue weighted by Gasteiger charge is -2.22. The maximum Gasteiger partial charge on any atom is 0.0544 e. The molecular weight excluding hydrogens is 544 g/mol. The quantitative estimate of drug-likeness (QED) is 0.208. The molecule has 3 N–H and O–H groups in total. The van der Waals surface area contributed by atoms with Crippen LogP contribution in [0.1, 0.15) is 38.3 Å². The Kier molecular flexibility index (Phi) is 9.97. The van der Waals surface area contributed by atoms with Crippen LogP contribution in [0.5, 0.6) is 0 Å². The molecule has 0 saturated heterocycles. The van der Waals surface area contributed by atoms with Crippen LogP contribution in [0.25, 0.3) is 43.8 Å². The Labute approximate surface area is 267 Å². The lowest BCUT2D eigenvalue weighted by atomic mass is 9.82. The summed E-state index contributed by atoms with van der Waals surface area (Å²) in [5.74, 6) is 0.477. The summed E-state index contributed by atoms with van der Waals surface area (Å²) in [6, 6.07) is 17.7. The molecule has 1 heterocycles. The monoisotopic (exact) mass is 586 g/mol. The normalized spacial score (nSPS) is 17.0. The van der Waals surface area contributed by atoms with Crippen LogP contribution >= 0.6 is 0 Å². The van der Waals surface area contributed by atoms with Crippen LogP contribution in [0.15, 0.2) is 170 Å². The van der Waals surface area contributed by atoms with Gasteiger partial charge in [0, 0.05) is 33.3 Å². The number of H-pyrrole nitrogens is 1. The molecular formula is C43H42N2. The maximum absolute atomic E-state index is 6.47. The molecule has 2 aliphatic rings. The fraction of sp³-hybridized carbons (Fsp3) is 0.116. The van der Waals surface area contributed by atoms with Crippen LogP contribution in [0.2, 0.25) is 0 Å². The van der Waals surface area contributed by atoms with Gasteiger partial charge in [-0.2, -0.15) is 0 Å². The molecule has 4 aromatic rings. The minimum Gasteiger partial charge on any atom is -0.398 e. The van der Waals surface area contributed by atoms with E-state index in [-0.39, 0.29) is 0 Å². The molecule has 1 unspecified atom stereocenters. The Hall–Kier alpha value is -5.34. The van der Waals surface area contributed by atoms with Gasteiger partial charge in [0.15, 0.2) is 0 Å². The lowest BCUT2D eigenvalue weighted by Crippen LogP contribution is -2.06. The summed E-state index contributed by atoms with van der Waals surface area (Å²) >= 11 is 0. The van der Waals surface area contributed by atoms with E-state index < -0.39 is 0 Å². The van der Waals surface area contributed by atoms with Crippen molar-refractivity contribution < 1.29 is 0 Å². The largest absolute Gasteiger partial charge is 0.398 e. The standard InChI is InChI=1S/C36H32N2.C7H10/c1-4-8-23(2)24(3)13-20-34(37)28-16-17-31-26(21-28)15-19-33-32-18-14-27(22-35(32)38-36(31)33)30-12-7-10-25-9-5-6-11-29(25)30;1-3-5-7-6-4-2/h4-9,11-22,25,38H,1,10,37H2,2-3H3;3-7H,1H2,2H3/b23-8+,24-13+,34-20-;6-4-,7-5-. The highest BCUT2D eigenvalue weighted by molar-refractivity contribution is 6.17. The van der Waals surface area contributed by atoms with E-state index in [9.17, 15) is 0 Å². The lowest BCUT2D eigenvalue weighted by molar-refractivity contribution is 0.784. The molecule has 2 heteroatoms. The minimum absolute atomic E-state index is 0.477. The SMILES string of the molecule is C=C/C=C(C)/C(C)=C/C=C(\N)c1ccc2c(ccc3c4ccc(C5=C6C=CC=CC6CC=C5)cc4[nH]c23)c1.C=C/C=C\C=C/C.